The Balaban J connectivity index is 1.43. The minimum absolute atomic E-state index is 0.0332. The fourth-order valence-electron chi connectivity index (χ4n) is 3.23. The molecule has 0 saturated carbocycles. The van der Waals surface area contributed by atoms with Gasteiger partial charge >= 0.3 is 0 Å². The summed E-state index contributed by atoms with van der Waals surface area (Å²) in [6.45, 7) is 2.94. The van der Waals surface area contributed by atoms with Gasteiger partial charge in [-0.25, -0.2) is 13.4 Å². The minimum Gasteiger partial charge on any atom is -0.431 e. The molecule has 0 N–H and O–H groups in total. The number of carbonyl (C=O) groups is 1. The molecule has 8 heteroatoms. The average molecular weight is 417 g/mol. The quantitative estimate of drug-likeness (QED) is 0.594. The Labute approximate surface area is 167 Å². The van der Waals surface area contributed by atoms with Gasteiger partial charge in [0.05, 0.1) is 16.4 Å². The normalized spacial score (nSPS) is 14.2. The molecule has 0 radical (unpaired) electrons. The van der Waals surface area contributed by atoms with Crippen molar-refractivity contribution in [2.24, 2.45) is 0 Å². The van der Waals surface area contributed by atoms with Crippen molar-refractivity contribution < 1.29 is 17.6 Å². The number of carbonyl (C=O) groups excluding carboxylic acids is 1. The molecular formula is C20H20N2O4S2. The molecule has 0 atom stereocenters. The van der Waals surface area contributed by atoms with E-state index < -0.39 is 9.84 Å². The van der Waals surface area contributed by atoms with Crippen molar-refractivity contribution >= 4 is 38.6 Å². The second-order valence-corrected chi connectivity index (χ2v) is 9.84. The van der Waals surface area contributed by atoms with Crippen molar-refractivity contribution in [1.82, 2.24) is 9.88 Å². The molecule has 6 nitrogen and oxygen atoms in total. The predicted molar refractivity (Wildman–Crippen MR) is 108 cm³/mol. The van der Waals surface area contributed by atoms with Crippen LogP contribution in [0, 0.1) is 0 Å². The first-order valence-electron chi connectivity index (χ1n) is 9.07. The molecule has 0 aliphatic carbocycles. The summed E-state index contributed by atoms with van der Waals surface area (Å²) in [4.78, 5) is 19.0. The van der Waals surface area contributed by atoms with Crippen LogP contribution in [0.1, 0.15) is 18.1 Å². The minimum atomic E-state index is -3.29. The van der Waals surface area contributed by atoms with Gasteiger partial charge in [0.2, 0.25) is 5.91 Å². The largest absolute Gasteiger partial charge is 0.431 e. The first kappa shape index (κ1) is 19.0. The van der Waals surface area contributed by atoms with Gasteiger partial charge in [0.1, 0.15) is 5.52 Å². The lowest BCUT2D eigenvalue weighted by Crippen LogP contribution is -2.37. The highest BCUT2D eigenvalue weighted by molar-refractivity contribution is 7.99. The third-order valence-corrected chi connectivity index (χ3v) is 7.43. The number of amides is 1. The van der Waals surface area contributed by atoms with E-state index in [2.05, 4.69) is 17.1 Å². The SMILES string of the molecule is CCS(=O)(=O)c1ccc2oc(SCC(=O)N3CCc4ccccc4C3)nc2c1. The summed E-state index contributed by atoms with van der Waals surface area (Å²) in [6.07, 6.45) is 0.865. The lowest BCUT2D eigenvalue weighted by Gasteiger charge is -2.28. The molecule has 0 bridgehead atoms. The van der Waals surface area contributed by atoms with E-state index in [4.69, 9.17) is 4.42 Å². The predicted octanol–water partition coefficient (Wildman–Crippen LogP) is 3.30. The molecule has 28 heavy (non-hydrogen) atoms. The maximum absolute atomic E-state index is 12.6. The van der Waals surface area contributed by atoms with Gasteiger partial charge in [-0.2, -0.15) is 0 Å². The highest BCUT2D eigenvalue weighted by Crippen LogP contribution is 2.27. The van der Waals surface area contributed by atoms with Gasteiger partial charge in [-0.3, -0.25) is 4.79 Å². The third kappa shape index (κ3) is 3.79. The van der Waals surface area contributed by atoms with Crippen molar-refractivity contribution in [1.29, 1.82) is 0 Å². The third-order valence-electron chi connectivity index (χ3n) is 4.88. The molecule has 1 amide bonds. The van der Waals surface area contributed by atoms with Gasteiger partial charge in [-0.15, -0.1) is 0 Å². The van der Waals surface area contributed by atoms with Gasteiger partial charge < -0.3 is 9.32 Å². The molecule has 3 aromatic rings. The van der Waals surface area contributed by atoms with E-state index in [1.54, 1.807) is 13.0 Å². The molecule has 0 fully saturated rings. The van der Waals surface area contributed by atoms with E-state index >= 15 is 0 Å². The number of thioether (sulfide) groups is 1. The molecule has 146 valence electrons. The standard InChI is InChI=1S/C20H20N2O4S2/c1-2-28(24,25)16-7-8-18-17(11-16)21-20(26-18)27-13-19(23)22-10-9-14-5-3-4-6-15(14)12-22/h3-8,11H,2,9-10,12-13H2,1H3. The molecule has 1 aromatic heterocycles. The fourth-order valence-corrected chi connectivity index (χ4v) is 4.87. The molecule has 4 rings (SSSR count). The van der Waals surface area contributed by atoms with Gasteiger partial charge in [-0.05, 0) is 35.7 Å². The smallest absolute Gasteiger partial charge is 0.257 e. The van der Waals surface area contributed by atoms with Crippen molar-refractivity contribution in [3.8, 4) is 0 Å². The molecule has 1 aliphatic heterocycles. The van der Waals surface area contributed by atoms with Crippen LogP contribution in [-0.2, 0) is 27.6 Å². The Hall–Kier alpha value is -2.32. The number of fused-ring (bicyclic) bond motifs is 2. The number of nitrogens with zero attached hydrogens (tertiary/aromatic N) is 2. The van der Waals surface area contributed by atoms with E-state index in [-0.39, 0.29) is 22.3 Å². The van der Waals surface area contributed by atoms with E-state index in [0.717, 1.165) is 6.42 Å². The maximum Gasteiger partial charge on any atom is 0.257 e. The van der Waals surface area contributed by atoms with Crippen LogP contribution in [0.2, 0.25) is 0 Å². The molecule has 1 aliphatic rings. The van der Waals surface area contributed by atoms with Crippen molar-refractivity contribution in [3.63, 3.8) is 0 Å². The summed E-state index contributed by atoms with van der Waals surface area (Å²) in [6, 6.07) is 12.8. The lowest BCUT2D eigenvalue weighted by atomic mass is 10.00. The Morgan fingerprint density at radius 1 is 1.21 bits per heavy atom. The van der Waals surface area contributed by atoms with Crippen LogP contribution in [-0.4, -0.2) is 42.3 Å². The summed E-state index contributed by atoms with van der Waals surface area (Å²) >= 11 is 1.23. The van der Waals surface area contributed by atoms with Crippen LogP contribution in [0.15, 0.2) is 57.0 Å². The van der Waals surface area contributed by atoms with E-state index in [9.17, 15) is 13.2 Å². The second-order valence-electron chi connectivity index (χ2n) is 6.64. The van der Waals surface area contributed by atoms with Gasteiger partial charge in [-0.1, -0.05) is 43.0 Å². The summed E-state index contributed by atoms with van der Waals surface area (Å²) < 4.78 is 29.7. The van der Waals surface area contributed by atoms with Crippen molar-refractivity contribution in [2.75, 3.05) is 18.1 Å². The van der Waals surface area contributed by atoms with E-state index in [1.807, 2.05) is 17.0 Å². The highest BCUT2D eigenvalue weighted by atomic mass is 32.2. The number of benzene rings is 2. The number of oxazole rings is 1. The average Bonchev–Trinajstić information content (AvgIpc) is 3.13. The van der Waals surface area contributed by atoms with Crippen LogP contribution in [0.3, 0.4) is 0 Å². The Kier molecular flexibility index (Phi) is 5.16. The van der Waals surface area contributed by atoms with Crippen molar-refractivity contribution in [3.05, 3.63) is 53.6 Å². The summed E-state index contributed by atoms with van der Waals surface area (Å²) in [5.41, 5.74) is 3.49. The van der Waals surface area contributed by atoms with Crippen LogP contribution < -0.4 is 0 Å². The van der Waals surface area contributed by atoms with Gasteiger partial charge in [0.15, 0.2) is 15.4 Å². The van der Waals surface area contributed by atoms with E-state index in [1.165, 1.54) is 35.0 Å². The summed E-state index contributed by atoms with van der Waals surface area (Å²) in [7, 11) is -3.29. The monoisotopic (exact) mass is 416 g/mol. The number of sulfone groups is 1. The number of hydrogen-bond acceptors (Lipinski definition) is 6. The summed E-state index contributed by atoms with van der Waals surface area (Å²) in [5.74, 6) is 0.302. The number of rotatable bonds is 5. The zero-order chi connectivity index (χ0) is 19.7. The van der Waals surface area contributed by atoms with Crippen LogP contribution in [0.4, 0.5) is 0 Å². The van der Waals surface area contributed by atoms with E-state index in [0.29, 0.717) is 29.4 Å². The topological polar surface area (TPSA) is 80.5 Å². The molecule has 0 unspecified atom stereocenters. The van der Waals surface area contributed by atoms with Crippen molar-refractivity contribution in [2.45, 2.75) is 30.0 Å². The summed E-state index contributed by atoms with van der Waals surface area (Å²) in [5, 5.41) is 0.367. The molecule has 0 spiro atoms. The highest BCUT2D eigenvalue weighted by Gasteiger charge is 2.21. The first-order valence-corrected chi connectivity index (χ1v) is 11.7. The molecular weight excluding hydrogens is 396 g/mol. The van der Waals surface area contributed by atoms with Gasteiger partial charge in [0, 0.05) is 13.1 Å². The Bertz CT molecular complexity index is 1140. The van der Waals surface area contributed by atoms with Crippen LogP contribution in [0.5, 0.6) is 0 Å². The molecule has 0 saturated heterocycles. The number of aromatic nitrogens is 1. The zero-order valence-corrected chi connectivity index (χ0v) is 17.1. The molecule has 2 heterocycles. The number of hydrogen-bond donors (Lipinski definition) is 0. The van der Waals surface area contributed by atoms with Crippen LogP contribution in [0.25, 0.3) is 11.1 Å². The fraction of sp³-hybridized carbons (Fsp3) is 0.300. The van der Waals surface area contributed by atoms with Crippen LogP contribution >= 0.6 is 11.8 Å². The zero-order valence-electron chi connectivity index (χ0n) is 15.4. The first-order chi connectivity index (χ1) is 13.5. The van der Waals surface area contributed by atoms with Gasteiger partial charge in [0.25, 0.3) is 5.22 Å². The second kappa shape index (κ2) is 7.60. The maximum atomic E-state index is 12.6. The Morgan fingerprint density at radius 3 is 2.79 bits per heavy atom. The molecule has 2 aromatic carbocycles. The lowest BCUT2D eigenvalue weighted by molar-refractivity contribution is -0.129. The Morgan fingerprint density at radius 2 is 2.00 bits per heavy atom.